The lowest BCUT2D eigenvalue weighted by Gasteiger charge is -2.14. The van der Waals surface area contributed by atoms with E-state index in [1.165, 1.54) is 12.8 Å². The fraction of sp³-hybridized carbons (Fsp3) is 0.368. The van der Waals surface area contributed by atoms with Crippen LogP contribution in [0.25, 0.3) is 0 Å². The van der Waals surface area contributed by atoms with E-state index < -0.39 is 0 Å². The van der Waals surface area contributed by atoms with E-state index in [0.29, 0.717) is 17.2 Å². The highest BCUT2D eigenvalue weighted by Gasteiger charge is 2.18. The highest BCUT2D eigenvalue weighted by molar-refractivity contribution is 5.93. The Hall–Kier alpha value is -2.76. The Labute approximate surface area is 147 Å². The maximum Gasteiger partial charge on any atom is 0.270 e. The van der Waals surface area contributed by atoms with Gasteiger partial charge in [0.15, 0.2) is 0 Å². The molecule has 0 aliphatic heterocycles. The van der Waals surface area contributed by atoms with Crippen LogP contribution in [0.3, 0.4) is 0 Å². The number of rotatable bonds is 6. The number of hydrogen-bond acceptors (Lipinski definition) is 5. The molecule has 6 nitrogen and oxygen atoms in total. The summed E-state index contributed by atoms with van der Waals surface area (Å²) in [6.07, 6.45) is 6.08. The lowest BCUT2D eigenvalue weighted by Crippen LogP contribution is -2.33. The van der Waals surface area contributed by atoms with Crippen LogP contribution in [-0.2, 0) is 0 Å². The monoisotopic (exact) mass is 341 g/mol. The van der Waals surface area contributed by atoms with E-state index in [0.717, 1.165) is 24.2 Å². The molecule has 1 aliphatic rings. The molecule has 0 unspecified atom stereocenters. The van der Waals surface area contributed by atoms with Gasteiger partial charge in [-0.15, -0.1) is 0 Å². The molecule has 1 amide bonds. The van der Waals surface area contributed by atoms with Gasteiger partial charge >= 0.3 is 0 Å². The summed E-state index contributed by atoms with van der Waals surface area (Å²) in [6, 6.07) is 9.35. The molecule has 3 rings (SSSR count). The highest BCUT2D eigenvalue weighted by atomic mass is 16.5. The second-order valence-corrected chi connectivity index (χ2v) is 6.08. The van der Waals surface area contributed by atoms with Gasteiger partial charge in [0.05, 0.1) is 19.9 Å². The summed E-state index contributed by atoms with van der Waals surface area (Å²) >= 11 is 0. The number of ether oxygens (including phenoxy) is 2. The summed E-state index contributed by atoms with van der Waals surface area (Å²) in [5.74, 6) is 1.25. The molecule has 1 heterocycles. The molecule has 1 saturated carbocycles. The Bertz CT molecular complexity index is 742. The number of pyridine rings is 1. The van der Waals surface area contributed by atoms with Crippen LogP contribution < -0.4 is 20.1 Å². The number of amides is 1. The standard InChI is InChI=1S/C19H23N3O3/c1-24-15-7-8-16(18(12-15)25-2)21-14-9-10-20-17(11-14)19(23)22-13-5-3-4-6-13/h7-13H,3-6H2,1-2H3,(H,20,21)(H,22,23). The number of nitrogens with one attached hydrogen (secondary N) is 2. The van der Waals surface area contributed by atoms with Gasteiger partial charge in [-0.3, -0.25) is 9.78 Å². The van der Waals surface area contributed by atoms with Gasteiger partial charge in [0.2, 0.25) is 0 Å². The van der Waals surface area contributed by atoms with Crippen LogP contribution >= 0.6 is 0 Å². The smallest absolute Gasteiger partial charge is 0.270 e. The fourth-order valence-corrected chi connectivity index (χ4v) is 3.02. The summed E-state index contributed by atoms with van der Waals surface area (Å²) in [4.78, 5) is 16.6. The maximum atomic E-state index is 12.4. The van der Waals surface area contributed by atoms with Crippen molar-refractivity contribution in [2.45, 2.75) is 31.7 Å². The molecule has 1 aromatic heterocycles. The number of anilines is 2. The van der Waals surface area contributed by atoms with E-state index in [9.17, 15) is 4.79 Å². The minimum atomic E-state index is -0.128. The van der Waals surface area contributed by atoms with Crippen molar-refractivity contribution in [3.63, 3.8) is 0 Å². The van der Waals surface area contributed by atoms with Crippen LogP contribution in [0.15, 0.2) is 36.5 Å². The van der Waals surface area contributed by atoms with Gasteiger partial charge in [-0.05, 0) is 37.1 Å². The molecule has 132 valence electrons. The van der Waals surface area contributed by atoms with Crippen molar-refractivity contribution in [3.8, 4) is 11.5 Å². The van der Waals surface area contributed by atoms with Crippen LogP contribution in [0.1, 0.15) is 36.2 Å². The third-order valence-electron chi connectivity index (χ3n) is 4.37. The van der Waals surface area contributed by atoms with Crippen LogP contribution in [-0.4, -0.2) is 31.2 Å². The Kier molecular flexibility index (Phi) is 5.38. The average Bonchev–Trinajstić information content (AvgIpc) is 3.15. The van der Waals surface area contributed by atoms with Crippen LogP contribution in [0, 0.1) is 0 Å². The fourth-order valence-electron chi connectivity index (χ4n) is 3.02. The Morgan fingerprint density at radius 2 is 1.92 bits per heavy atom. The SMILES string of the molecule is COc1ccc(Nc2ccnc(C(=O)NC3CCCC3)c2)c(OC)c1. The summed E-state index contributed by atoms with van der Waals surface area (Å²) in [6.45, 7) is 0. The predicted octanol–water partition coefficient (Wildman–Crippen LogP) is 3.51. The van der Waals surface area contributed by atoms with E-state index in [-0.39, 0.29) is 11.9 Å². The third kappa shape index (κ3) is 4.21. The van der Waals surface area contributed by atoms with Crippen LogP contribution in [0.4, 0.5) is 11.4 Å². The second kappa shape index (κ2) is 7.88. The van der Waals surface area contributed by atoms with Crippen molar-refractivity contribution in [2.75, 3.05) is 19.5 Å². The Balaban J connectivity index is 1.74. The van der Waals surface area contributed by atoms with E-state index in [2.05, 4.69) is 15.6 Å². The summed E-state index contributed by atoms with van der Waals surface area (Å²) in [7, 11) is 3.22. The average molecular weight is 341 g/mol. The normalized spacial score (nSPS) is 14.2. The number of nitrogens with zero attached hydrogens (tertiary/aromatic N) is 1. The highest BCUT2D eigenvalue weighted by Crippen LogP contribution is 2.31. The molecule has 2 N–H and O–H groups in total. The Morgan fingerprint density at radius 3 is 2.64 bits per heavy atom. The summed E-state index contributed by atoms with van der Waals surface area (Å²) in [5, 5.41) is 6.32. The van der Waals surface area contributed by atoms with E-state index in [1.54, 1.807) is 32.5 Å². The Morgan fingerprint density at radius 1 is 1.12 bits per heavy atom. The number of hydrogen-bond donors (Lipinski definition) is 2. The summed E-state index contributed by atoms with van der Waals surface area (Å²) < 4.78 is 10.6. The van der Waals surface area contributed by atoms with E-state index in [1.807, 2.05) is 18.2 Å². The number of benzene rings is 1. The van der Waals surface area contributed by atoms with Gasteiger partial charge in [0.1, 0.15) is 17.2 Å². The maximum absolute atomic E-state index is 12.4. The topological polar surface area (TPSA) is 72.5 Å². The third-order valence-corrected chi connectivity index (χ3v) is 4.37. The lowest BCUT2D eigenvalue weighted by molar-refractivity contribution is 0.0933. The molecule has 0 saturated heterocycles. The van der Waals surface area contributed by atoms with Crippen molar-refractivity contribution in [3.05, 3.63) is 42.2 Å². The van der Waals surface area contributed by atoms with Gasteiger partial charge in [-0.25, -0.2) is 0 Å². The van der Waals surface area contributed by atoms with Crippen molar-refractivity contribution in [1.82, 2.24) is 10.3 Å². The molecule has 25 heavy (non-hydrogen) atoms. The van der Waals surface area contributed by atoms with Gasteiger partial charge in [-0.1, -0.05) is 12.8 Å². The van der Waals surface area contributed by atoms with E-state index in [4.69, 9.17) is 9.47 Å². The zero-order valence-corrected chi connectivity index (χ0v) is 14.5. The molecule has 1 fully saturated rings. The quantitative estimate of drug-likeness (QED) is 0.841. The minimum Gasteiger partial charge on any atom is -0.497 e. The van der Waals surface area contributed by atoms with E-state index >= 15 is 0 Å². The molecule has 6 heteroatoms. The zero-order chi connectivity index (χ0) is 17.6. The van der Waals surface area contributed by atoms with Gasteiger partial charge in [-0.2, -0.15) is 0 Å². The number of carbonyl (C=O) groups is 1. The molecule has 0 atom stereocenters. The first kappa shape index (κ1) is 17.1. The van der Waals surface area contributed by atoms with Crippen molar-refractivity contribution >= 4 is 17.3 Å². The first-order chi connectivity index (χ1) is 12.2. The number of carbonyl (C=O) groups excluding carboxylic acids is 1. The predicted molar refractivity (Wildman–Crippen MR) is 96.8 cm³/mol. The van der Waals surface area contributed by atoms with Gasteiger partial charge in [0, 0.05) is 24.0 Å². The molecular formula is C19H23N3O3. The minimum absolute atomic E-state index is 0.128. The molecule has 2 aromatic rings. The van der Waals surface area contributed by atoms with Gasteiger partial charge in [0.25, 0.3) is 5.91 Å². The second-order valence-electron chi connectivity index (χ2n) is 6.08. The van der Waals surface area contributed by atoms with Crippen LogP contribution in [0.5, 0.6) is 11.5 Å². The molecule has 0 spiro atoms. The molecule has 0 radical (unpaired) electrons. The first-order valence-electron chi connectivity index (χ1n) is 8.45. The lowest BCUT2D eigenvalue weighted by atomic mass is 10.2. The number of aromatic nitrogens is 1. The van der Waals surface area contributed by atoms with Crippen LogP contribution in [0.2, 0.25) is 0 Å². The molecule has 1 aromatic carbocycles. The molecule has 0 bridgehead atoms. The van der Waals surface area contributed by atoms with Crippen molar-refractivity contribution in [1.29, 1.82) is 0 Å². The molecule has 1 aliphatic carbocycles. The zero-order valence-electron chi connectivity index (χ0n) is 14.5. The van der Waals surface area contributed by atoms with Crippen molar-refractivity contribution in [2.24, 2.45) is 0 Å². The summed E-state index contributed by atoms with van der Waals surface area (Å²) in [5.41, 5.74) is 1.97. The van der Waals surface area contributed by atoms with Crippen molar-refractivity contribution < 1.29 is 14.3 Å². The number of methoxy groups -OCH3 is 2. The first-order valence-corrected chi connectivity index (χ1v) is 8.45. The molecular weight excluding hydrogens is 318 g/mol. The largest absolute Gasteiger partial charge is 0.497 e. The van der Waals surface area contributed by atoms with Gasteiger partial charge < -0.3 is 20.1 Å².